The molecule has 3 heterocycles. The maximum atomic E-state index is 11.8. The van der Waals surface area contributed by atoms with Gasteiger partial charge in [0.1, 0.15) is 5.15 Å². The van der Waals surface area contributed by atoms with E-state index in [1.165, 1.54) is 29.7 Å². The predicted molar refractivity (Wildman–Crippen MR) is 76.0 cm³/mol. The van der Waals surface area contributed by atoms with Crippen LogP contribution in [-0.2, 0) is 11.3 Å². The van der Waals surface area contributed by atoms with E-state index in [0.717, 1.165) is 5.56 Å². The fraction of sp³-hybridized carbons (Fsp3) is 0.0769. The van der Waals surface area contributed by atoms with E-state index in [1.807, 2.05) is 16.8 Å². The minimum absolute atomic E-state index is 0.0986. The molecule has 0 aliphatic carbocycles. The Morgan fingerprint density at radius 3 is 3.00 bits per heavy atom. The standard InChI is InChI=1S/C13H8ClN3O3S/c14-10-2-1-8(5-15-10)13(18)19-6-11-16-12(17-20-11)9-3-4-21-7-9/h1-5,7H,6H2. The highest BCUT2D eigenvalue weighted by Gasteiger charge is 2.13. The second kappa shape index (κ2) is 6.02. The molecule has 8 heteroatoms. The maximum Gasteiger partial charge on any atom is 0.340 e. The van der Waals surface area contributed by atoms with Crippen LogP contribution in [0.3, 0.4) is 0 Å². The molecule has 0 unspecified atom stereocenters. The first-order valence-electron chi connectivity index (χ1n) is 5.86. The van der Waals surface area contributed by atoms with Gasteiger partial charge in [-0.05, 0) is 23.6 Å². The number of esters is 1. The Balaban J connectivity index is 1.62. The largest absolute Gasteiger partial charge is 0.452 e. The van der Waals surface area contributed by atoms with Crippen LogP contribution in [0.15, 0.2) is 39.7 Å². The summed E-state index contributed by atoms with van der Waals surface area (Å²) < 4.78 is 10.1. The number of rotatable bonds is 4. The summed E-state index contributed by atoms with van der Waals surface area (Å²) in [5, 5.41) is 7.95. The van der Waals surface area contributed by atoms with E-state index >= 15 is 0 Å². The van der Waals surface area contributed by atoms with Crippen LogP contribution in [-0.4, -0.2) is 21.1 Å². The number of pyridine rings is 1. The van der Waals surface area contributed by atoms with Crippen molar-refractivity contribution in [1.82, 2.24) is 15.1 Å². The van der Waals surface area contributed by atoms with Gasteiger partial charge in [0.05, 0.1) is 5.56 Å². The van der Waals surface area contributed by atoms with E-state index in [9.17, 15) is 4.79 Å². The molecular formula is C13H8ClN3O3S. The van der Waals surface area contributed by atoms with E-state index in [2.05, 4.69) is 15.1 Å². The molecule has 0 spiro atoms. The van der Waals surface area contributed by atoms with Gasteiger partial charge in [0.15, 0.2) is 6.61 Å². The van der Waals surface area contributed by atoms with Crippen LogP contribution in [0, 0.1) is 0 Å². The normalized spacial score (nSPS) is 10.5. The molecule has 0 bridgehead atoms. The third kappa shape index (κ3) is 3.26. The third-order valence-corrected chi connectivity index (χ3v) is 3.44. The molecule has 0 N–H and O–H groups in total. The van der Waals surface area contributed by atoms with E-state index in [4.69, 9.17) is 20.9 Å². The lowest BCUT2D eigenvalue weighted by Crippen LogP contribution is -2.05. The molecule has 106 valence electrons. The first kappa shape index (κ1) is 13.7. The molecule has 0 aromatic carbocycles. The minimum atomic E-state index is -0.533. The van der Waals surface area contributed by atoms with Crippen molar-refractivity contribution in [2.45, 2.75) is 6.61 Å². The molecule has 0 radical (unpaired) electrons. The van der Waals surface area contributed by atoms with Gasteiger partial charge in [-0.25, -0.2) is 9.78 Å². The Hall–Kier alpha value is -2.25. The lowest BCUT2D eigenvalue weighted by Gasteiger charge is -2.01. The zero-order valence-corrected chi connectivity index (χ0v) is 12.1. The summed E-state index contributed by atoms with van der Waals surface area (Å²) in [6.07, 6.45) is 1.34. The Morgan fingerprint density at radius 2 is 2.29 bits per heavy atom. The van der Waals surface area contributed by atoms with Crippen LogP contribution in [0.4, 0.5) is 0 Å². The predicted octanol–water partition coefficient (Wildman–Crippen LogP) is 3.20. The van der Waals surface area contributed by atoms with Gasteiger partial charge >= 0.3 is 5.97 Å². The van der Waals surface area contributed by atoms with Gasteiger partial charge in [-0.15, -0.1) is 0 Å². The number of halogens is 1. The van der Waals surface area contributed by atoms with Crippen molar-refractivity contribution in [2.75, 3.05) is 0 Å². The van der Waals surface area contributed by atoms with Crippen molar-refractivity contribution in [1.29, 1.82) is 0 Å². The molecule has 3 rings (SSSR count). The zero-order valence-electron chi connectivity index (χ0n) is 10.5. The Kier molecular flexibility index (Phi) is 3.94. The molecule has 0 saturated heterocycles. The average Bonchev–Trinajstić information content (AvgIpc) is 3.16. The van der Waals surface area contributed by atoms with E-state index in [1.54, 1.807) is 0 Å². The van der Waals surface area contributed by atoms with Crippen LogP contribution in [0.1, 0.15) is 16.2 Å². The highest BCUT2D eigenvalue weighted by Crippen LogP contribution is 2.19. The second-order valence-corrected chi connectivity index (χ2v) is 5.14. The fourth-order valence-electron chi connectivity index (χ4n) is 1.53. The summed E-state index contributed by atoms with van der Waals surface area (Å²) in [6, 6.07) is 4.92. The molecule has 0 aliphatic heterocycles. The molecule has 3 aromatic heterocycles. The van der Waals surface area contributed by atoms with Gasteiger partial charge in [0, 0.05) is 17.1 Å². The van der Waals surface area contributed by atoms with Crippen LogP contribution in [0.25, 0.3) is 11.4 Å². The second-order valence-electron chi connectivity index (χ2n) is 3.97. The van der Waals surface area contributed by atoms with Crippen LogP contribution in [0.5, 0.6) is 0 Å². The zero-order chi connectivity index (χ0) is 14.7. The number of thiophene rings is 1. The lowest BCUT2D eigenvalue weighted by molar-refractivity contribution is 0.0429. The van der Waals surface area contributed by atoms with Gasteiger partial charge in [0.25, 0.3) is 5.89 Å². The summed E-state index contributed by atoms with van der Waals surface area (Å²) in [5.41, 5.74) is 1.17. The van der Waals surface area contributed by atoms with Crippen molar-refractivity contribution < 1.29 is 14.1 Å². The molecule has 0 atom stereocenters. The molecule has 21 heavy (non-hydrogen) atoms. The van der Waals surface area contributed by atoms with Crippen LogP contribution >= 0.6 is 22.9 Å². The highest BCUT2D eigenvalue weighted by molar-refractivity contribution is 7.08. The summed E-state index contributed by atoms with van der Waals surface area (Å²) in [4.78, 5) is 19.7. The Morgan fingerprint density at radius 1 is 1.38 bits per heavy atom. The van der Waals surface area contributed by atoms with E-state index in [0.29, 0.717) is 16.5 Å². The van der Waals surface area contributed by atoms with Crippen LogP contribution in [0.2, 0.25) is 5.15 Å². The van der Waals surface area contributed by atoms with Crippen molar-refractivity contribution >= 4 is 28.9 Å². The minimum Gasteiger partial charge on any atom is -0.452 e. The number of aromatic nitrogens is 3. The monoisotopic (exact) mass is 321 g/mol. The lowest BCUT2D eigenvalue weighted by atomic mass is 10.3. The van der Waals surface area contributed by atoms with Crippen molar-refractivity contribution in [3.05, 3.63) is 51.8 Å². The van der Waals surface area contributed by atoms with Gasteiger partial charge in [-0.2, -0.15) is 16.3 Å². The quantitative estimate of drug-likeness (QED) is 0.542. The molecule has 6 nitrogen and oxygen atoms in total. The summed E-state index contributed by atoms with van der Waals surface area (Å²) in [7, 11) is 0. The fourth-order valence-corrected chi connectivity index (χ4v) is 2.28. The summed E-state index contributed by atoms with van der Waals surface area (Å²) in [5.74, 6) is 0.163. The SMILES string of the molecule is O=C(OCc1nc(-c2ccsc2)no1)c1ccc(Cl)nc1. The summed E-state index contributed by atoms with van der Waals surface area (Å²) in [6.45, 7) is -0.0986. The van der Waals surface area contributed by atoms with Gasteiger partial charge in [-0.3, -0.25) is 0 Å². The van der Waals surface area contributed by atoms with Gasteiger partial charge in [0.2, 0.25) is 5.82 Å². The molecule has 0 saturated carbocycles. The van der Waals surface area contributed by atoms with E-state index in [-0.39, 0.29) is 12.5 Å². The summed E-state index contributed by atoms with van der Waals surface area (Å²) >= 11 is 7.18. The number of hydrogen-bond acceptors (Lipinski definition) is 7. The van der Waals surface area contributed by atoms with E-state index < -0.39 is 5.97 Å². The molecular weight excluding hydrogens is 314 g/mol. The Bertz CT molecular complexity index is 740. The van der Waals surface area contributed by atoms with Crippen molar-refractivity contribution in [3.8, 4) is 11.4 Å². The number of carbonyl (C=O) groups is 1. The highest BCUT2D eigenvalue weighted by atomic mass is 35.5. The molecule has 0 aliphatic rings. The number of carbonyl (C=O) groups excluding carboxylic acids is 1. The number of ether oxygens (including phenoxy) is 1. The number of hydrogen-bond donors (Lipinski definition) is 0. The third-order valence-electron chi connectivity index (χ3n) is 2.54. The first-order chi connectivity index (χ1) is 10.2. The Labute approximate surface area is 128 Å². The maximum absolute atomic E-state index is 11.8. The van der Waals surface area contributed by atoms with Crippen LogP contribution < -0.4 is 0 Å². The van der Waals surface area contributed by atoms with Crippen molar-refractivity contribution in [3.63, 3.8) is 0 Å². The van der Waals surface area contributed by atoms with Gasteiger partial charge < -0.3 is 9.26 Å². The molecule has 0 fully saturated rings. The van der Waals surface area contributed by atoms with Crippen molar-refractivity contribution in [2.24, 2.45) is 0 Å². The first-order valence-corrected chi connectivity index (χ1v) is 7.18. The molecule has 3 aromatic rings. The molecule has 0 amide bonds. The smallest absolute Gasteiger partial charge is 0.340 e. The number of nitrogens with zero attached hydrogens (tertiary/aromatic N) is 3. The van der Waals surface area contributed by atoms with Gasteiger partial charge in [-0.1, -0.05) is 16.8 Å². The topological polar surface area (TPSA) is 78.1 Å². The average molecular weight is 322 g/mol.